The van der Waals surface area contributed by atoms with Gasteiger partial charge in [-0.2, -0.15) is 0 Å². The Hall–Kier alpha value is -1.88. The molecule has 10 heteroatoms. The minimum Gasteiger partial charge on any atom is -0.465 e. The maximum Gasteiger partial charge on any atom is 0.311 e. The van der Waals surface area contributed by atoms with Crippen molar-refractivity contribution in [1.29, 1.82) is 0 Å². The number of aliphatic hydroxyl groups is 1. The van der Waals surface area contributed by atoms with Gasteiger partial charge in [0.05, 0.1) is 36.4 Å². The van der Waals surface area contributed by atoms with Crippen LogP contribution in [0.5, 0.6) is 0 Å². The molecule has 4 aliphatic heterocycles. The first-order chi connectivity index (χ1) is 17.8. The van der Waals surface area contributed by atoms with E-state index in [0.29, 0.717) is 45.6 Å². The Bertz CT molecular complexity index is 895. The van der Waals surface area contributed by atoms with E-state index in [1.54, 1.807) is 33.7 Å². The number of hydrogen-bond acceptors (Lipinski definition) is 8. The van der Waals surface area contributed by atoms with E-state index in [1.807, 2.05) is 6.92 Å². The minimum atomic E-state index is -0.682. The van der Waals surface area contributed by atoms with Crippen LogP contribution in [0.3, 0.4) is 0 Å². The molecule has 4 aliphatic rings. The van der Waals surface area contributed by atoms with E-state index in [1.165, 1.54) is 0 Å². The van der Waals surface area contributed by atoms with Crippen LogP contribution in [-0.4, -0.2) is 119 Å². The number of thioether (sulfide) groups is 1. The molecule has 0 aromatic rings. The van der Waals surface area contributed by atoms with E-state index in [2.05, 4.69) is 18.1 Å². The van der Waals surface area contributed by atoms with Gasteiger partial charge in [0.25, 0.3) is 0 Å². The average molecular weight is 536 g/mol. The van der Waals surface area contributed by atoms with Crippen molar-refractivity contribution in [1.82, 2.24) is 14.7 Å². The fraction of sp³-hybridized carbons (Fsp3) is 0.741. The standard InChI is InChI=1S/C27H41N3O6S/c1-4-6-17-36-25(34)21-20-23(32)30(11-7-16-31)22(27(20)9-8-26(21,3)37-27)24(33)29(10-5-2)13-12-28-14-18-35-19-15-28/h4-5,20-22,31H,1-2,6-19H2,3H3/t20-,21+,22?,26-,27?/m0/s1. The fourth-order valence-corrected chi connectivity index (χ4v) is 8.92. The first-order valence-corrected chi connectivity index (χ1v) is 14.2. The van der Waals surface area contributed by atoms with Crippen molar-refractivity contribution in [3.05, 3.63) is 25.3 Å². The number of carbonyl (C=O) groups excluding carboxylic acids is 3. The lowest BCUT2D eigenvalue weighted by atomic mass is 9.66. The number of nitrogens with zero attached hydrogens (tertiary/aromatic N) is 3. The molecule has 1 N–H and O–H groups in total. The molecule has 37 heavy (non-hydrogen) atoms. The Balaban J connectivity index is 1.62. The molecule has 0 radical (unpaired) electrons. The Morgan fingerprint density at radius 2 is 2.00 bits per heavy atom. The number of rotatable bonds is 13. The summed E-state index contributed by atoms with van der Waals surface area (Å²) in [5.74, 6) is -1.83. The molecule has 4 rings (SSSR count). The van der Waals surface area contributed by atoms with Crippen LogP contribution < -0.4 is 0 Å². The van der Waals surface area contributed by atoms with Gasteiger partial charge in [0.15, 0.2) is 0 Å². The highest BCUT2D eigenvalue weighted by Crippen LogP contribution is 2.71. The van der Waals surface area contributed by atoms with Crippen molar-refractivity contribution in [2.45, 2.75) is 48.1 Å². The highest BCUT2D eigenvalue weighted by Gasteiger charge is 2.77. The summed E-state index contributed by atoms with van der Waals surface area (Å²) >= 11 is 1.64. The first kappa shape index (κ1) is 28.1. The van der Waals surface area contributed by atoms with Gasteiger partial charge in [-0.1, -0.05) is 12.2 Å². The van der Waals surface area contributed by atoms with E-state index < -0.39 is 27.4 Å². The van der Waals surface area contributed by atoms with Gasteiger partial charge in [-0.05, 0) is 32.6 Å². The van der Waals surface area contributed by atoms with Crippen LogP contribution in [0.2, 0.25) is 0 Å². The summed E-state index contributed by atoms with van der Waals surface area (Å²) in [6.45, 7) is 14.7. The normalized spacial score (nSPS) is 32.9. The molecule has 9 nitrogen and oxygen atoms in total. The van der Waals surface area contributed by atoms with Crippen LogP contribution in [0.15, 0.2) is 25.3 Å². The van der Waals surface area contributed by atoms with Crippen LogP contribution in [-0.2, 0) is 23.9 Å². The van der Waals surface area contributed by atoms with Gasteiger partial charge in [-0.15, -0.1) is 24.9 Å². The summed E-state index contributed by atoms with van der Waals surface area (Å²) in [6, 6.07) is -0.681. The van der Waals surface area contributed by atoms with Crippen LogP contribution >= 0.6 is 11.8 Å². The molecule has 0 saturated carbocycles. The molecule has 2 unspecified atom stereocenters. The predicted octanol–water partition coefficient (Wildman–Crippen LogP) is 1.32. The smallest absolute Gasteiger partial charge is 0.311 e. The average Bonchev–Trinajstić information content (AvgIpc) is 3.46. The molecule has 206 valence electrons. The van der Waals surface area contributed by atoms with Gasteiger partial charge in [0, 0.05) is 50.6 Å². The molecule has 0 aromatic heterocycles. The van der Waals surface area contributed by atoms with E-state index in [-0.39, 0.29) is 37.5 Å². The molecular weight excluding hydrogens is 494 g/mol. The zero-order chi connectivity index (χ0) is 26.6. The number of esters is 1. The monoisotopic (exact) mass is 535 g/mol. The fourth-order valence-electron chi connectivity index (χ4n) is 6.58. The number of carbonyl (C=O) groups is 3. The van der Waals surface area contributed by atoms with Crippen molar-refractivity contribution < 1.29 is 29.0 Å². The van der Waals surface area contributed by atoms with E-state index in [9.17, 15) is 19.5 Å². The molecule has 4 fully saturated rings. The number of hydrogen-bond donors (Lipinski definition) is 1. The Kier molecular flexibility index (Phi) is 9.04. The minimum absolute atomic E-state index is 0.0758. The van der Waals surface area contributed by atoms with Crippen molar-refractivity contribution in [2.75, 3.05) is 65.7 Å². The maximum atomic E-state index is 14.3. The predicted molar refractivity (Wildman–Crippen MR) is 142 cm³/mol. The molecule has 2 bridgehead atoms. The van der Waals surface area contributed by atoms with Gasteiger partial charge in [0.2, 0.25) is 11.8 Å². The number of morpholine rings is 1. The second-order valence-corrected chi connectivity index (χ2v) is 12.5. The molecular formula is C27H41N3O6S. The summed E-state index contributed by atoms with van der Waals surface area (Å²) in [5.41, 5.74) is 0. The second-order valence-electron chi connectivity index (χ2n) is 10.6. The van der Waals surface area contributed by atoms with Gasteiger partial charge < -0.3 is 24.4 Å². The summed E-state index contributed by atoms with van der Waals surface area (Å²) in [4.78, 5) is 47.3. The van der Waals surface area contributed by atoms with Crippen molar-refractivity contribution in [3.63, 3.8) is 0 Å². The molecule has 1 spiro atoms. The van der Waals surface area contributed by atoms with E-state index in [0.717, 1.165) is 26.1 Å². The molecule has 5 atom stereocenters. The van der Waals surface area contributed by atoms with Crippen LogP contribution in [0.1, 0.15) is 32.6 Å². The Labute approximate surface area is 224 Å². The topological polar surface area (TPSA) is 99.6 Å². The SMILES string of the molecule is C=CCCOC(=O)[C@H]1[C@H]2C(=O)N(CCCO)C(C(=O)N(CC=C)CCN3CCOCC3)C23CC[C@]1(C)S3. The number of amides is 2. The van der Waals surface area contributed by atoms with Crippen molar-refractivity contribution in [2.24, 2.45) is 11.8 Å². The highest BCUT2D eigenvalue weighted by atomic mass is 32.2. The third-order valence-corrected chi connectivity index (χ3v) is 10.3. The number of likely N-dealkylation sites (tertiary alicyclic amines) is 1. The first-order valence-electron chi connectivity index (χ1n) is 13.4. The van der Waals surface area contributed by atoms with Gasteiger partial charge in [-0.3, -0.25) is 19.3 Å². The summed E-state index contributed by atoms with van der Waals surface area (Å²) in [5, 5.41) is 9.54. The molecule has 2 amide bonds. The number of fused-ring (bicyclic) bond motifs is 1. The maximum absolute atomic E-state index is 14.3. The van der Waals surface area contributed by atoms with E-state index >= 15 is 0 Å². The zero-order valence-electron chi connectivity index (χ0n) is 21.9. The summed E-state index contributed by atoms with van der Waals surface area (Å²) in [6.07, 6.45) is 5.79. The zero-order valence-corrected chi connectivity index (χ0v) is 22.8. The number of aliphatic hydroxyl groups excluding tert-OH is 1. The van der Waals surface area contributed by atoms with Crippen LogP contribution in [0.4, 0.5) is 0 Å². The highest BCUT2D eigenvalue weighted by molar-refractivity contribution is 8.02. The van der Waals surface area contributed by atoms with Crippen molar-refractivity contribution in [3.8, 4) is 0 Å². The lowest BCUT2D eigenvalue weighted by Crippen LogP contribution is -2.56. The third-order valence-electron chi connectivity index (χ3n) is 8.34. The van der Waals surface area contributed by atoms with Gasteiger partial charge >= 0.3 is 5.97 Å². The lowest BCUT2D eigenvalue weighted by Gasteiger charge is -2.38. The Morgan fingerprint density at radius 3 is 2.68 bits per heavy atom. The van der Waals surface area contributed by atoms with Crippen LogP contribution in [0, 0.1) is 11.8 Å². The molecule has 4 heterocycles. The number of ether oxygens (including phenoxy) is 2. The Morgan fingerprint density at radius 1 is 1.24 bits per heavy atom. The second kappa shape index (κ2) is 11.9. The van der Waals surface area contributed by atoms with Gasteiger partial charge in [-0.25, -0.2) is 0 Å². The lowest BCUT2D eigenvalue weighted by molar-refractivity contribution is -0.155. The summed E-state index contributed by atoms with van der Waals surface area (Å²) < 4.78 is 9.89. The van der Waals surface area contributed by atoms with E-state index in [4.69, 9.17) is 9.47 Å². The molecule has 0 aromatic carbocycles. The van der Waals surface area contributed by atoms with Crippen molar-refractivity contribution >= 4 is 29.5 Å². The third kappa shape index (κ3) is 5.22. The largest absolute Gasteiger partial charge is 0.465 e. The molecule has 4 saturated heterocycles. The van der Waals surface area contributed by atoms with Crippen LogP contribution in [0.25, 0.3) is 0 Å². The summed E-state index contributed by atoms with van der Waals surface area (Å²) in [7, 11) is 0. The molecule has 0 aliphatic carbocycles. The quantitative estimate of drug-likeness (QED) is 0.214. The van der Waals surface area contributed by atoms with Gasteiger partial charge in [0.1, 0.15) is 6.04 Å².